The molecule has 0 aliphatic heterocycles. The van der Waals surface area contributed by atoms with E-state index in [1.54, 1.807) is 35.9 Å². The fourth-order valence-corrected chi connectivity index (χ4v) is 2.55. The van der Waals surface area contributed by atoms with Crippen LogP contribution in [-0.4, -0.2) is 11.0 Å². The van der Waals surface area contributed by atoms with E-state index >= 15 is 0 Å². The molecular weight excluding hydrogens is 258 g/mol. The van der Waals surface area contributed by atoms with Gasteiger partial charge in [-0.25, -0.2) is 4.79 Å². The molecule has 0 spiro atoms. The molecule has 0 radical (unpaired) electrons. The van der Waals surface area contributed by atoms with Gasteiger partial charge in [-0.3, -0.25) is 4.98 Å². The smallest absolute Gasteiger partial charge is 0.308 e. The Balaban J connectivity index is 1.72. The minimum Gasteiger partial charge on any atom is -0.308 e. The van der Waals surface area contributed by atoms with Gasteiger partial charge < -0.3 is 10.6 Å². The molecule has 3 rings (SSSR count). The number of thiophene rings is 1. The number of nitrogens with zero attached hydrogens (tertiary/aromatic N) is 1. The third-order valence-corrected chi connectivity index (χ3v) is 3.53. The summed E-state index contributed by atoms with van der Waals surface area (Å²) in [6.45, 7) is 0. The number of urea groups is 1. The summed E-state index contributed by atoms with van der Waals surface area (Å²) in [5, 5.41) is 8.68. The van der Waals surface area contributed by atoms with Crippen LogP contribution < -0.4 is 10.6 Å². The summed E-state index contributed by atoms with van der Waals surface area (Å²) in [4.78, 5) is 15.7. The average molecular weight is 269 g/mol. The first-order valence-corrected chi connectivity index (χ1v) is 6.64. The fourth-order valence-electron chi connectivity index (χ4n) is 1.77. The lowest BCUT2D eigenvalue weighted by molar-refractivity contribution is 0.262. The Kier molecular flexibility index (Phi) is 3.12. The van der Waals surface area contributed by atoms with E-state index in [4.69, 9.17) is 0 Å². The molecule has 94 valence electrons. The molecule has 2 amide bonds. The highest BCUT2D eigenvalue weighted by atomic mass is 32.1. The standard InChI is InChI=1S/C14H11N3OS/c18-14(17-12-2-1-6-15-9-12)16-11-3-4-13-10(8-11)5-7-19-13/h1-9H,(H2,16,17,18). The van der Waals surface area contributed by atoms with Crippen LogP contribution in [0.5, 0.6) is 0 Å². The minimum absolute atomic E-state index is 0.275. The molecule has 0 saturated heterocycles. The van der Waals surface area contributed by atoms with Crippen LogP contribution in [0.4, 0.5) is 16.2 Å². The van der Waals surface area contributed by atoms with E-state index in [1.807, 2.05) is 29.6 Å². The zero-order chi connectivity index (χ0) is 13.1. The summed E-state index contributed by atoms with van der Waals surface area (Å²) in [6.07, 6.45) is 3.26. The lowest BCUT2D eigenvalue weighted by atomic mass is 10.2. The van der Waals surface area contributed by atoms with Crippen molar-refractivity contribution in [2.75, 3.05) is 10.6 Å². The number of rotatable bonds is 2. The maximum atomic E-state index is 11.8. The van der Waals surface area contributed by atoms with E-state index < -0.39 is 0 Å². The Hall–Kier alpha value is -2.40. The second kappa shape index (κ2) is 5.07. The molecule has 2 aromatic heterocycles. The monoisotopic (exact) mass is 269 g/mol. The van der Waals surface area contributed by atoms with Crippen molar-refractivity contribution < 1.29 is 4.79 Å². The van der Waals surface area contributed by atoms with E-state index in [9.17, 15) is 4.79 Å². The number of nitrogens with one attached hydrogen (secondary N) is 2. The molecule has 3 aromatic rings. The van der Waals surface area contributed by atoms with Gasteiger partial charge in [0.2, 0.25) is 0 Å². The van der Waals surface area contributed by atoms with Gasteiger partial charge in [-0.2, -0.15) is 0 Å². The number of anilines is 2. The number of benzene rings is 1. The number of carbonyl (C=O) groups excluding carboxylic acids is 1. The van der Waals surface area contributed by atoms with Crippen molar-refractivity contribution in [2.45, 2.75) is 0 Å². The first kappa shape index (κ1) is 11.7. The molecule has 2 heterocycles. The van der Waals surface area contributed by atoms with E-state index in [2.05, 4.69) is 15.6 Å². The van der Waals surface area contributed by atoms with Gasteiger partial charge >= 0.3 is 6.03 Å². The van der Waals surface area contributed by atoms with Crippen LogP contribution in [0.25, 0.3) is 10.1 Å². The molecule has 0 atom stereocenters. The second-order valence-corrected chi connectivity index (χ2v) is 4.94. The highest BCUT2D eigenvalue weighted by Gasteiger charge is 2.03. The molecule has 4 nitrogen and oxygen atoms in total. The Labute approximate surface area is 114 Å². The molecule has 2 N–H and O–H groups in total. The van der Waals surface area contributed by atoms with Crippen LogP contribution in [-0.2, 0) is 0 Å². The van der Waals surface area contributed by atoms with Crippen molar-refractivity contribution >= 4 is 38.8 Å². The Morgan fingerprint density at radius 3 is 2.84 bits per heavy atom. The van der Waals surface area contributed by atoms with Crippen molar-refractivity contribution in [3.05, 3.63) is 54.2 Å². The van der Waals surface area contributed by atoms with E-state index in [-0.39, 0.29) is 6.03 Å². The summed E-state index contributed by atoms with van der Waals surface area (Å²) in [7, 11) is 0. The third kappa shape index (κ3) is 2.71. The lowest BCUT2D eigenvalue weighted by Gasteiger charge is -2.07. The zero-order valence-electron chi connectivity index (χ0n) is 9.96. The first-order chi connectivity index (χ1) is 9.31. The fraction of sp³-hybridized carbons (Fsp3) is 0. The normalized spacial score (nSPS) is 10.3. The zero-order valence-corrected chi connectivity index (χ0v) is 10.8. The van der Waals surface area contributed by atoms with Crippen molar-refractivity contribution in [1.82, 2.24) is 4.98 Å². The van der Waals surface area contributed by atoms with Crippen LogP contribution in [0.15, 0.2) is 54.2 Å². The third-order valence-electron chi connectivity index (χ3n) is 2.63. The lowest BCUT2D eigenvalue weighted by Crippen LogP contribution is -2.19. The molecule has 0 bridgehead atoms. The van der Waals surface area contributed by atoms with Gasteiger partial charge in [0, 0.05) is 16.6 Å². The van der Waals surface area contributed by atoms with Crippen LogP contribution >= 0.6 is 11.3 Å². The minimum atomic E-state index is -0.275. The molecule has 19 heavy (non-hydrogen) atoms. The molecule has 0 fully saturated rings. The van der Waals surface area contributed by atoms with Crippen LogP contribution in [0.2, 0.25) is 0 Å². The first-order valence-electron chi connectivity index (χ1n) is 5.76. The van der Waals surface area contributed by atoms with Crippen molar-refractivity contribution in [3.63, 3.8) is 0 Å². The Morgan fingerprint density at radius 1 is 1.11 bits per heavy atom. The van der Waals surface area contributed by atoms with Gasteiger partial charge in [0.05, 0.1) is 11.9 Å². The summed E-state index contributed by atoms with van der Waals surface area (Å²) < 4.78 is 1.21. The SMILES string of the molecule is O=C(Nc1cccnc1)Nc1ccc2sccc2c1. The van der Waals surface area contributed by atoms with Crippen LogP contribution in [0, 0.1) is 0 Å². The predicted octanol–water partition coefficient (Wildman–Crippen LogP) is 3.94. The highest BCUT2D eigenvalue weighted by molar-refractivity contribution is 7.17. The number of fused-ring (bicyclic) bond motifs is 1. The molecule has 0 aliphatic rings. The number of pyridine rings is 1. The summed E-state index contributed by atoms with van der Waals surface area (Å²) >= 11 is 1.68. The summed E-state index contributed by atoms with van der Waals surface area (Å²) in [6, 6.07) is 11.2. The van der Waals surface area contributed by atoms with Gasteiger partial charge in [-0.15, -0.1) is 11.3 Å². The maximum Gasteiger partial charge on any atom is 0.323 e. The number of hydrogen-bond donors (Lipinski definition) is 2. The highest BCUT2D eigenvalue weighted by Crippen LogP contribution is 2.24. The van der Waals surface area contributed by atoms with Crippen LogP contribution in [0.3, 0.4) is 0 Å². The molecule has 0 aliphatic carbocycles. The van der Waals surface area contributed by atoms with Crippen molar-refractivity contribution in [3.8, 4) is 0 Å². The number of carbonyl (C=O) groups is 1. The summed E-state index contributed by atoms with van der Waals surface area (Å²) in [5.41, 5.74) is 1.43. The molecule has 1 aromatic carbocycles. The van der Waals surface area contributed by atoms with Crippen molar-refractivity contribution in [2.24, 2.45) is 0 Å². The maximum absolute atomic E-state index is 11.8. The second-order valence-electron chi connectivity index (χ2n) is 3.99. The Morgan fingerprint density at radius 2 is 2.00 bits per heavy atom. The molecular formula is C14H11N3OS. The summed E-state index contributed by atoms with van der Waals surface area (Å²) in [5.74, 6) is 0. The van der Waals surface area contributed by atoms with E-state index in [0.29, 0.717) is 5.69 Å². The van der Waals surface area contributed by atoms with Gasteiger partial charge in [-0.1, -0.05) is 0 Å². The molecule has 5 heteroatoms. The average Bonchev–Trinajstić information content (AvgIpc) is 2.87. The largest absolute Gasteiger partial charge is 0.323 e. The van der Waals surface area contributed by atoms with Gasteiger partial charge in [0.1, 0.15) is 0 Å². The quantitative estimate of drug-likeness (QED) is 0.740. The number of hydrogen-bond acceptors (Lipinski definition) is 3. The van der Waals surface area contributed by atoms with E-state index in [1.165, 1.54) is 4.70 Å². The topological polar surface area (TPSA) is 54.0 Å². The Bertz CT molecular complexity index is 709. The predicted molar refractivity (Wildman–Crippen MR) is 78.7 cm³/mol. The van der Waals surface area contributed by atoms with Crippen molar-refractivity contribution in [1.29, 1.82) is 0 Å². The van der Waals surface area contributed by atoms with Crippen LogP contribution in [0.1, 0.15) is 0 Å². The van der Waals surface area contributed by atoms with Gasteiger partial charge in [-0.05, 0) is 47.2 Å². The molecule has 0 saturated carbocycles. The van der Waals surface area contributed by atoms with Gasteiger partial charge in [0.15, 0.2) is 0 Å². The number of aromatic nitrogens is 1. The van der Waals surface area contributed by atoms with Gasteiger partial charge in [0.25, 0.3) is 0 Å². The van der Waals surface area contributed by atoms with E-state index in [0.717, 1.165) is 11.1 Å². The number of amides is 2. The molecule has 0 unspecified atom stereocenters.